The van der Waals surface area contributed by atoms with Crippen molar-refractivity contribution in [3.8, 4) is 16.9 Å². The molecular formula is C20H21N3O3S. The number of thiophene rings is 1. The van der Waals surface area contributed by atoms with Crippen LogP contribution in [0.25, 0.3) is 22.0 Å². The van der Waals surface area contributed by atoms with Gasteiger partial charge in [-0.1, -0.05) is 0 Å². The Labute approximate surface area is 161 Å². The summed E-state index contributed by atoms with van der Waals surface area (Å²) in [6, 6.07) is 7.61. The summed E-state index contributed by atoms with van der Waals surface area (Å²) >= 11 is 1.62. The molecule has 1 aromatic carbocycles. The average Bonchev–Trinajstić information content (AvgIpc) is 3.24. The van der Waals surface area contributed by atoms with E-state index in [-0.39, 0.29) is 11.7 Å². The topological polar surface area (TPSA) is 74.7 Å². The number of amides is 1. The van der Waals surface area contributed by atoms with Crippen LogP contribution in [0.3, 0.4) is 0 Å². The number of phenolic OH excluding ortho intramolecular Hbond substituents is 1. The summed E-state index contributed by atoms with van der Waals surface area (Å²) in [5.74, 6) is -0.116. The maximum absolute atomic E-state index is 12.3. The highest BCUT2D eigenvalue weighted by Gasteiger charge is 2.15. The molecule has 27 heavy (non-hydrogen) atoms. The molecule has 2 aromatic heterocycles. The van der Waals surface area contributed by atoms with E-state index in [0.29, 0.717) is 37.4 Å². The standard InChI is InChI=1S/C20H21N3O3S/c24-18(4-7-23-8-10-26-11-9-23)22-17-2-1-16-15(14-5-12-27-13-14)3-6-21-19(16)20(17)25/h1-3,5-6,12-13,25H,4,7-11H2,(H,22,24). The molecule has 0 saturated carbocycles. The smallest absolute Gasteiger partial charge is 0.225 e. The summed E-state index contributed by atoms with van der Waals surface area (Å²) in [6.07, 6.45) is 2.05. The summed E-state index contributed by atoms with van der Waals surface area (Å²) in [7, 11) is 0. The van der Waals surface area contributed by atoms with Crippen LogP contribution in [0.5, 0.6) is 5.75 Å². The lowest BCUT2D eigenvalue weighted by Crippen LogP contribution is -2.38. The molecule has 1 saturated heterocycles. The first-order chi connectivity index (χ1) is 13.2. The number of anilines is 1. The molecule has 0 radical (unpaired) electrons. The highest BCUT2D eigenvalue weighted by Crippen LogP contribution is 2.36. The van der Waals surface area contributed by atoms with Crippen LogP contribution in [0, 0.1) is 0 Å². The van der Waals surface area contributed by atoms with Crippen molar-refractivity contribution in [3.63, 3.8) is 0 Å². The second-order valence-electron chi connectivity index (χ2n) is 6.48. The van der Waals surface area contributed by atoms with Crippen molar-refractivity contribution in [2.24, 2.45) is 0 Å². The predicted molar refractivity (Wildman–Crippen MR) is 107 cm³/mol. The molecule has 7 heteroatoms. The van der Waals surface area contributed by atoms with E-state index in [4.69, 9.17) is 4.74 Å². The molecule has 1 fully saturated rings. The van der Waals surface area contributed by atoms with E-state index in [2.05, 4.69) is 20.6 Å². The number of aromatic hydroxyl groups is 1. The van der Waals surface area contributed by atoms with Gasteiger partial charge in [-0.15, -0.1) is 0 Å². The Morgan fingerprint density at radius 1 is 1.26 bits per heavy atom. The molecule has 140 valence electrons. The Morgan fingerprint density at radius 2 is 2.11 bits per heavy atom. The number of fused-ring (bicyclic) bond motifs is 1. The van der Waals surface area contributed by atoms with Crippen molar-refractivity contribution in [2.45, 2.75) is 6.42 Å². The lowest BCUT2D eigenvalue weighted by Gasteiger charge is -2.26. The van der Waals surface area contributed by atoms with Crippen LogP contribution < -0.4 is 5.32 Å². The van der Waals surface area contributed by atoms with E-state index in [0.717, 1.165) is 29.6 Å². The summed E-state index contributed by atoms with van der Waals surface area (Å²) in [4.78, 5) is 18.8. The number of hydrogen-bond acceptors (Lipinski definition) is 6. The van der Waals surface area contributed by atoms with E-state index in [9.17, 15) is 9.90 Å². The molecule has 1 aliphatic heterocycles. The Morgan fingerprint density at radius 3 is 2.89 bits per heavy atom. The van der Waals surface area contributed by atoms with Gasteiger partial charge in [0.05, 0.1) is 18.9 Å². The van der Waals surface area contributed by atoms with E-state index >= 15 is 0 Å². The Balaban J connectivity index is 1.51. The molecule has 1 amide bonds. The van der Waals surface area contributed by atoms with Crippen molar-refractivity contribution >= 4 is 33.8 Å². The Hall–Kier alpha value is -2.48. The quantitative estimate of drug-likeness (QED) is 0.661. The van der Waals surface area contributed by atoms with Gasteiger partial charge in [-0.05, 0) is 46.2 Å². The third-order valence-corrected chi connectivity index (χ3v) is 5.43. The van der Waals surface area contributed by atoms with Crippen molar-refractivity contribution in [1.82, 2.24) is 9.88 Å². The Kier molecular flexibility index (Phi) is 5.33. The normalized spacial score (nSPS) is 15.1. The summed E-state index contributed by atoms with van der Waals surface area (Å²) in [5, 5.41) is 18.4. The zero-order valence-corrected chi connectivity index (χ0v) is 15.7. The number of carbonyl (C=O) groups is 1. The zero-order chi connectivity index (χ0) is 18.6. The van der Waals surface area contributed by atoms with Crippen molar-refractivity contribution in [2.75, 3.05) is 38.2 Å². The summed E-state index contributed by atoms with van der Waals surface area (Å²) in [5.41, 5.74) is 2.99. The highest BCUT2D eigenvalue weighted by molar-refractivity contribution is 7.08. The van der Waals surface area contributed by atoms with Crippen LogP contribution in [0.15, 0.2) is 41.2 Å². The van der Waals surface area contributed by atoms with Crippen LogP contribution >= 0.6 is 11.3 Å². The van der Waals surface area contributed by atoms with Crippen molar-refractivity contribution in [1.29, 1.82) is 0 Å². The van der Waals surface area contributed by atoms with Crippen LogP contribution in [-0.2, 0) is 9.53 Å². The average molecular weight is 383 g/mol. The summed E-state index contributed by atoms with van der Waals surface area (Å²) in [6.45, 7) is 3.81. The number of phenols is 1. The minimum atomic E-state index is -0.120. The highest BCUT2D eigenvalue weighted by atomic mass is 32.1. The lowest BCUT2D eigenvalue weighted by atomic mass is 10.0. The van der Waals surface area contributed by atoms with E-state index in [1.165, 1.54) is 0 Å². The van der Waals surface area contributed by atoms with Gasteiger partial charge in [-0.3, -0.25) is 14.7 Å². The monoisotopic (exact) mass is 383 g/mol. The second kappa shape index (κ2) is 8.04. The van der Waals surface area contributed by atoms with Crippen LogP contribution in [0.1, 0.15) is 6.42 Å². The van der Waals surface area contributed by atoms with Gasteiger partial charge in [0.1, 0.15) is 5.52 Å². The lowest BCUT2D eigenvalue weighted by molar-refractivity contribution is -0.116. The zero-order valence-electron chi connectivity index (χ0n) is 14.9. The number of ether oxygens (including phenoxy) is 1. The fourth-order valence-electron chi connectivity index (χ4n) is 3.27. The molecule has 3 heterocycles. The van der Waals surface area contributed by atoms with E-state index < -0.39 is 0 Å². The number of aromatic nitrogens is 1. The first-order valence-corrected chi connectivity index (χ1v) is 9.90. The molecule has 0 spiro atoms. The third-order valence-electron chi connectivity index (χ3n) is 4.75. The Bertz CT molecular complexity index is 937. The van der Waals surface area contributed by atoms with Crippen molar-refractivity contribution < 1.29 is 14.6 Å². The molecular weight excluding hydrogens is 362 g/mol. The number of nitrogens with one attached hydrogen (secondary N) is 1. The molecule has 6 nitrogen and oxygen atoms in total. The number of benzene rings is 1. The van der Waals surface area contributed by atoms with Gasteiger partial charge in [0.15, 0.2) is 5.75 Å². The van der Waals surface area contributed by atoms with Gasteiger partial charge in [-0.2, -0.15) is 11.3 Å². The van der Waals surface area contributed by atoms with Crippen LogP contribution in [-0.4, -0.2) is 53.7 Å². The molecule has 0 bridgehead atoms. The largest absolute Gasteiger partial charge is 0.504 e. The SMILES string of the molecule is O=C(CCN1CCOCC1)Nc1ccc2c(-c3ccsc3)ccnc2c1O. The number of pyridine rings is 1. The minimum Gasteiger partial charge on any atom is -0.504 e. The number of hydrogen-bond donors (Lipinski definition) is 2. The third kappa shape index (κ3) is 3.95. The number of rotatable bonds is 5. The molecule has 2 N–H and O–H groups in total. The maximum atomic E-state index is 12.3. The van der Waals surface area contributed by atoms with Crippen LogP contribution in [0.4, 0.5) is 5.69 Å². The van der Waals surface area contributed by atoms with Crippen molar-refractivity contribution in [3.05, 3.63) is 41.2 Å². The fraction of sp³-hybridized carbons (Fsp3) is 0.300. The molecule has 4 rings (SSSR count). The number of carbonyl (C=O) groups excluding carboxylic acids is 1. The molecule has 0 atom stereocenters. The molecule has 0 aliphatic carbocycles. The van der Waals surface area contributed by atoms with Gasteiger partial charge in [-0.25, -0.2) is 0 Å². The minimum absolute atomic E-state index is 0.00398. The maximum Gasteiger partial charge on any atom is 0.225 e. The molecule has 0 unspecified atom stereocenters. The summed E-state index contributed by atoms with van der Waals surface area (Å²) < 4.78 is 5.31. The first-order valence-electron chi connectivity index (χ1n) is 8.95. The second-order valence-corrected chi connectivity index (χ2v) is 7.26. The predicted octanol–water partition coefficient (Wildman–Crippen LogP) is 3.33. The van der Waals surface area contributed by atoms with Gasteiger partial charge in [0.2, 0.25) is 5.91 Å². The van der Waals surface area contributed by atoms with Gasteiger partial charge >= 0.3 is 0 Å². The van der Waals surface area contributed by atoms with Gasteiger partial charge < -0.3 is 15.2 Å². The number of morpholine rings is 1. The number of nitrogens with zero attached hydrogens (tertiary/aromatic N) is 2. The van der Waals surface area contributed by atoms with Gasteiger partial charge in [0, 0.05) is 37.6 Å². The van der Waals surface area contributed by atoms with Gasteiger partial charge in [0.25, 0.3) is 0 Å². The molecule has 3 aromatic rings. The first kappa shape index (κ1) is 17.9. The fourth-order valence-corrected chi connectivity index (χ4v) is 3.93. The van der Waals surface area contributed by atoms with Crippen LogP contribution in [0.2, 0.25) is 0 Å². The molecule has 1 aliphatic rings. The van der Waals surface area contributed by atoms with E-state index in [1.807, 2.05) is 23.6 Å². The van der Waals surface area contributed by atoms with E-state index in [1.54, 1.807) is 23.6 Å².